The fourth-order valence-corrected chi connectivity index (χ4v) is 3.88. The van der Waals surface area contributed by atoms with Crippen LogP contribution in [0.5, 0.6) is 0 Å². The van der Waals surface area contributed by atoms with E-state index in [2.05, 4.69) is 17.6 Å². The van der Waals surface area contributed by atoms with Crippen LogP contribution in [0.1, 0.15) is 58.3 Å². The maximum Gasteiger partial charge on any atom is 0.0615 e. The van der Waals surface area contributed by atoms with Gasteiger partial charge in [0.25, 0.3) is 0 Å². The molecule has 3 heteroatoms. The third-order valence-electron chi connectivity index (χ3n) is 5.00. The number of nitrogens with one attached hydrogen (secondary N) is 2. The molecule has 0 aromatic rings. The molecule has 4 unspecified atom stereocenters. The van der Waals surface area contributed by atoms with Gasteiger partial charge >= 0.3 is 0 Å². The molecule has 4 atom stereocenters. The summed E-state index contributed by atoms with van der Waals surface area (Å²) >= 11 is 0. The Labute approximate surface area is 118 Å². The predicted octanol–water partition coefficient (Wildman–Crippen LogP) is 2.70. The second-order valence-corrected chi connectivity index (χ2v) is 6.34. The van der Waals surface area contributed by atoms with Gasteiger partial charge in [0.2, 0.25) is 0 Å². The highest BCUT2D eigenvalue weighted by Crippen LogP contribution is 2.30. The monoisotopic (exact) mass is 268 g/mol. The van der Waals surface area contributed by atoms with Crippen molar-refractivity contribution < 1.29 is 4.74 Å². The van der Waals surface area contributed by atoms with E-state index >= 15 is 0 Å². The quantitative estimate of drug-likeness (QED) is 0.777. The van der Waals surface area contributed by atoms with Crippen molar-refractivity contribution in [1.82, 2.24) is 10.6 Å². The lowest BCUT2D eigenvalue weighted by Gasteiger charge is -2.41. The highest BCUT2D eigenvalue weighted by atomic mass is 16.5. The van der Waals surface area contributed by atoms with E-state index < -0.39 is 0 Å². The van der Waals surface area contributed by atoms with Gasteiger partial charge in [0.05, 0.1) is 6.61 Å². The Kier molecular flexibility index (Phi) is 6.62. The lowest BCUT2D eigenvalue weighted by atomic mass is 9.77. The first-order valence-electron chi connectivity index (χ1n) is 8.33. The zero-order valence-electron chi connectivity index (χ0n) is 12.8. The van der Waals surface area contributed by atoms with Crippen LogP contribution in [0.3, 0.4) is 0 Å². The van der Waals surface area contributed by atoms with E-state index in [4.69, 9.17) is 4.74 Å². The third kappa shape index (κ3) is 4.44. The van der Waals surface area contributed by atoms with Gasteiger partial charge in [-0.25, -0.2) is 0 Å². The Hall–Kier alpha value is -0.120. The molecule has 0 spiro atoms. The summed E-state index contributed by atoms with van der Waals surface area (Å²) in [5.41, 5.74) is 0. The van der Waals surface area contributed by atoms with E-state index in [-0.39, 0.29) is 0 Å². The van der Waals surface area contributed by atoms with Crippen LogP contribution < -0.4 is 10.6 Å². The second kappa shape index (κ2) is 8.23. The highest BCUT2D eigenvalue weighted by molar-refractivity contribution is 4.91. The molecule has 112 valence electrons. The predicted molar refractivity (Wildman–Crippen MR) is 80.5 cm³/mol. The first-order chi connectivity index (χ1) is 9.35. The summed E-state index contributed by atoms with van der Waals surface area (Å²) in [6.45, 7) is 4.33. The van der Waals surface area contributed by atoms with E-state index in [1.807, 2.05) is 7.11 Å². The zero-order chi connectivity index (χ0) is 13.5. The Morgan fingerprint density at radius 1 is 1.16 bits per heavy atom. The van der Waals surface area contributed by atoms with Gasteiger partial charge in [-0.1, -0.05) is 26.2 Å². The Bertz CT molecular complexity index is 241. The van der Waals surface area contributed by atoms with E-state index in [1.54, 1.807) is 0 Å². The molecule has 19 heavy (non-hydrogen) atoms. The standard InChI is InChI=1S/C16H32N2O/c1-3-13(12-19-2)18-16-10-5-4-8-14(16)15-9-6-7-11-17-15/h13-18H,3-12H2,1-2H3. The smallest absolute Gasteiger partial charge is 0.0615 e. The summed E-state index contributed by atoms with van der Waals surface area (Å²) in [6, 6.07) is 1.98. The van der Waals surface area contributed by atoms with Crippen LogP contribution in [0.15, 0.2) is 0 Å². The molecular formula is C16H32N2O. The summed E-state index contributed by atoms with van der Waals surface area (Å²) in [5, 5.41) is 7.66. The van der Waals surface area contributed by atoms with Gasteiger partial charge < -0.3 is 15.4 Å². The number of piperidine rings is 1. The van der Waals surface area contributed by atoms with Crippen LogP contribution in [-0.2, 0) is 4.74 Å². The summed E-state index contributed by atoms with van der Waals surface area (Å²) in [5.74, 6) is 0.833. The molecule has 1 saturated carbocycles. The van der Waals surface area contributed by atoms with Crippen LogP contribution >= 0.6 is 0 Å². The average Bonchev–Trinajstić information content (AvgIpc) is 2.48. The minimum absolute atomic E-state index is 0.527. The van der Waals surface area contributed by atoms with Crippen molar-refractivity contribution in [3.63, 3.8) is 0 Å². The minimum Gasteiger partial charge on any atom is -0.383 e. The number of hydrogen-bond donors (Lipinski definition) is 2. The first kappa shape index (κ1) is 15.3. The average molecular weight is 268 g/mol. The SMILES string of the molecule is CCC(COC)NC1CCCCC1C1CCCCN1. The van der Waals surface area contributed by atoms with Gasteiger partial charge in [-0.2, -0.15) is 0 Å². The molecule has 1 aliphatic carbocycles. The molecule has 0 aromatic carbocycles. The van der Waals surface area contributed by atoms with Gasteiger partial charge in [0, 0.05) is 25.2 Å². The number of rotatable bonds is 6. The first-order valence-corrected chi connectivity index (χ1v) is 8.33. The van der Waals surface area contributed by atoms with Crippen LogP contribution in [0, 0.1) is 5.92 Å². The van der Waals surface area contributed by atoms with Crippen LogP contribution in [0.25, 0.3) is 0 Å². The van der Waals surface area contributed by atoms with E-state index in [9.17, 15) is 0 Å². The Morgan fingerprint density at radius 3 is 2.63 bits per heavy atom. The van der Waals surface area contributed by atoms with Crippen molar-refractivity contribution in [2.75, 3.05) is 20.3 Å². The molecule has 2 rings (SSSR count). The van der Waals surface area contributed by atoms with Crippen molar-refractivity contribution in [1.29, 1.82) is 0 Å². The lowest BCUT2D eigenvalue weighted by molar-refractivity contribution is 0.126. The van der Waals surface area contributed by atoms with Crippen molar-refractivity contribution in [3.8, 4) is 0 Å². The van der Waals surface area contributed by atoms with Crippen LogP contribution in [0.4, 0.5) is 0 Å². The summed E-state index contributed by atoms with van der Waals surface area (Å²) in [4.78, 5) is 0. The largest absolute Gasteiger partial charge is 0.383 e. The molecule has 1 saturated heterocycles. The van der Waals surface area contributed by atoms with Gasteiger partial charge in [0.1, 0.15) is 0 Å². The van der Waals surface area contributed by atoms with Crippen LogP contribution in [0.2, 0.25) is 0 Å². The van der Waals surface area contributed by atoms with Crippen molar-refractivity contribution in [3.05, 3.63) is 0 Å². The fraction of sp³-hybridized carbons (Fsp3) is 1.00. The van der Waals surface area contributed by atoms with Crippen molar-refractivity contribution in [2.45, 2.75) is 76.4 Å². The van der Waals surface area contributed by atoms with Gasteiger partial charge in [-0.05, 0) is 44.6 Å². The van der Waals surface area contributed by atoms with E-state index in [1.165, 1.54) is 51.5 Å². The van der Waals surface area contributed by atoms with Gasteiger partial charge in [-0.3, -0.25) is 0 Å². The molecule has 3 nitrogen and oxygen atoms in total. The third-order valence-corrected chi connectivity index (χ3v) is 5.00. The lowest BCUT2D eigenvalue weighted by Crippen LogP contribution is -2.53. The number of methoxy groups -OCH3 is 1. The molecular weight excluding hydrogens is 236 g/mol. The maximum absolute atomic E-state index is 5.34. The molecule has 2 N–H and O–H groups in total. The van der Waals surface area contributed by atoms with E-state index in [0.29, 0.717) is 12.1 Å². The van der Waals surface area contributed by atoms with Crippen LogP contribution in [-0.4, -0.2) is 38.4 Å². The topological polar surface area (TPSA) is 33.3 Å². The maximum atomic E-state index is 5.34. The summed E-state index contributed by atoms with van der Waals surface area (Å²) < 4.78 is 5.34. The molecule has 2 fully saturated rings. The van der Waals surface area contributed by atoms with Crippen molar-refractivity contribution >= 4 is 0 Å². The molecule has 0 amide bonds. The highest BCUT2D eigenvalue weighted by Gasteiger charge is 2.33. The number of hydrogen-bond acceptors (Lipinski definition) is 3. The fourth-order valence-electron chi connectivity index (χ4n) is 3.88. The Balaban J connectivity index is 1.90. The zero-order valence-corrected chi connectivity index (χ0v) is 12.8. The molecule has 0 bridgehead atoms. The summed E-state index contributed by atoms with van der Waals surface area (Å²) in [6.07, 6.45) is 10.9. The molecule has 2 aliphatic rings. The Morgan fingerprint density at radius 2 is 1.95 bits per heavy atom. The van der Waals surface area contributed by atoms with Gasteiger partial charge in [0.15, 0.2) is 0 Å². The molecule has 1 aliphatic heterocycles. The molecule has 1 heterocycles. The summed E-state index contributed by atoms with van der Waals surface area (Å²) in [7, 11) is 1.81. The second-order valence-electron chi connectivity index (χ2n) is 6.34. The molecule has 0 aromatic heterocycles. The number of ether oxygens (including phenoxy) is 1. The normalized spacial score (nSPS) is 34.1. The molecule has 0 radical (unpaired) electrons. The van der Waals surface area contributed by atoms with Crippen molar-refractivity contribution in [2.24, 2.45) is 5.92 Å². The van der Waals surface area contributed by atoms with E-state index in [0.717, 1.165) is 25.0 Å². The minimum atomic E-state index is 0.527. The van der Waals surface area contributed by atoms with Gasteiger partial charge in [-0.15, -0.1) is 0 Å².